The third-order valence-electron chi connectivity index (χ3n) is 4.66. The molecule has 0 saturated carbocycles. The Kier molecular flexibility index (Phi) is 3.76. The summed E-state index contributed by atoms with van der Waals surface area (Å²) in [6.07, 6.45) is 0.361. The van der Waals surface area contributed by atoms with Crippen LogP contribution >= 0.6 is 0 Å². The molecule has 7 heteroatoms. The zero-order valence-corrected chi connectivity index (χ0v) is 15.3. The number of aromatic nitrogens is 4. The third-order valence-corrected chi connectivity index (χ3v) is 4.66. The number of fused-ring (bicyclic) bond motifs is 1. The minimum atomic E-state index is 0.180. The smallest absolute Gasteiger partial charge is 0.158 e. The van der Waals surface area contributed by atoms with Gasteiger partial charge < -0.3 is 14.2 Å². The van der Waals surface area contributed by atoms with Crippen molar-refractivity contribution >= 4 is 11.5 Å². The monoisotopic (exact) mass is 341 g/mol. The fraction of sp³-hybridized carbons (Fsp3) is 0.500. The van der Waals surface area contributed by atoms with Crippen LogP contribution in [0.25, 0.3) is 17.0 Å². The number of rotatable bonds is 2. The fourth-order valence-electron chi connectivity index (χ4n) is 3.52. The minimum Gasteiger partial charge on any atom is -0.372 e. The molecule has 0 radical (unpaired) electrons. The van der Waals surface area contributed by atoms with Gasteiger partial charge in [0.05, 0.1) is 12.2 Å². The molecule has 2 atom stereocenters. The maximum Gasteiger partial charge on any atom is 0.158 e. The number of morpholine rings is 1. The summed E-state index contributed by atoms with van der Waals surface area (Å²) in [4.78, 5) is 7.05. The van der Waals surface area contributed by atoms with Crippen LogP contribution in [0.1, 0.15) is 30.9 Å². The molecule has 7 nitrogen and oxygen atoms in total. The van der Waals surface area contributed by atoms with Crippen molar-refractivity contribution in [2.45, 2.75) is 46.8 Å². The van der Waals surface area contributed by atoms with Crippen molar-refractivity contribution in [3.63, 3.8) is 0 Å². The molecule has 3 aromatic heterocycles. The molecule has 4 rings (SSSR count). The highest BCUT2D eigenvalue weighted by Crippen LogP contribution is 2.28. The van der Waals surface area contributed by atoms with E-state index in [1.807, 2.05) is 30.5 Å². The maximum atomic E-state index is 5.89. The van der Waals surface area contributed by atoms with E-state index >= 15 is 0 Å². The average molecular weight is 341 g/mol. The van der Waals surface area contributed by atoms with E-state index in [2.05, 4.69) is 30.8 Å². The lowest BCUT2D eigenvalue weighted by molar-refractivity contribution is -0.00561. The summed E-state index contributed by atoms with van der Waals surface area (Å²) < 4.78 is 13.0. The standard InChI is InChI=1S/C18H23N5O2/c1-10-6-16(21-25-10)15-7-17-19-14(5)13(4)18(23(17)20-15)22-8-11(2)24-12(3)9-22/h6-7,11-12H,8-9H2,1-5H3/t11-,12+. The number of anilines is 1. The van der Waals surface area contributed by atoms with Gasteiger partial charge in [-0.25, -0.2) is 4.98 Å². The highest BCUT2D eigenvalue weighted by molar-refractivity contribution is 5.65. The Morgan fingerprint density at radius 3 is 2.40 bits per heavy atom. The fourth-order valence-corrected chi connectivity index (χ4v) is 3.52. The highest BCUT2D eigenvalue weighted by Gasteiger charge is 2.27. The molecule has 3 aromatic rings. The van der Waals surface area contributed by atoms with E-state index in [0.29, 0.717) is 0 Å². The Hall–Kier alpha value is -2.41. The van der Waals surface area contributed by atoms with Crippen molar-refractivity contribution in [1.82, 2.24) is 19.8 Å². The molecule has 0 N–H and O–H groups in total. The second-order valence-electron chi connectivity index (χ2n) is 6.93. The van der Waals surface area contributed by atoms with Crippen LogP contribution in [0.5, 0.6) is 0 Å². The lowest BCUT2D eigenvalue weighted by Crippen LogP contribution is -2.46. The quantitative estimate of drug-likeness (QED) is 0.714. The van der Waals surface area contributed by atoms with Crippen LogP contribution in [0.4, 0.5) is 5.82 Å². The van der Waals surface area contributed by atoms with E-state index < -0.39 is 0 Å². The van der Waals surface area contributed by atoms with Crippen LogP contribution < -0.4 is 4.90 Å². The minimum absolute atomic E-state index is 0.180. The predicted octanol–water partition coefficient (Wildman–Crippen LogP) is 2.92. The van der Waals surface area contributed by atoms with E-state index in [9.17, 15) is 0 Å². The molecule has 0 unspecified atom stereocenters. The molecule has 0 aromatic carbocycles. The van der Waals surface area contributed by atoms with E-state index in [-0.39, 0.29) is 12.2 Å². The van der Waals surface area contributed by atoms with E-state index in [4.69, 9.17) is 19.3 Å². The normalized spacial score (nSPS) is 21.2. The Bertz CT molecular complexity index is 919. The molecule has 1 saturated heterocycles. The Morgan fingerprint density at radius 2 is 1.76 bits per heavy atom. The molecule has 132 valence electrons. The number of hydrogen-bond acceptors (Lipinski definition) is 6. The zero-order chi connectivity index (χ0) is 17.7. The van der Waals surface area contributed by atoms with Crippen molar-refractivity contribution in [2.75, 3.05) is 18.0 Å². The molecule has 1 aliphatic rings. The van der Waals surface area contributed by atoms with E-state index in [1.54, 1.807) is 0 Å². The second-order valence-corrected chi connectivity index (χ2v) is 6.93. The van der Waals surface area contributed by atoms with Crippen LogP contribution in [0.15, 0.2) is 16.7 Å². The summed E-state index contributed by atoms with van der Waals surface area (Å²) in [5, 5.41) is 8.85. The van der Waals surface area contributed by atoms with Gasteiger partial charge in [-0.2, -0.15) is 9.61 Å². The van der Waals surface area contributed by atoms with Crippen LogP contribution in [0.3, 0.4) is 0 Å². The number of nitrogens with zero attached hydrogens (tertiary/aromatic N) is 5. The Balaban J connectivity index is 1.87. The topological polar surface area (TPSA) is 68.7 Å². The largest absolute Gasteiger partial charge is 0.372 e. The number of ether oxygens (including phenoxy) is 1. The van der Waals surface area contributed by atoms with Crippen LogP contribution in [0, 0.1) is 20.8 Å². The molecule has 1 aliphatic heterocycles. The highest BCUT2D eigenvalue weighted by atomic mass is 16.5. The lowest BCUT2D eigenvalue weighted by Gasteiger charge is -2.37. The average Bonchev–Trinajstić information content (AvgIpc) is 3.13. The van der Waals surface area contributed by atoms with Crippen molar-refractivity contribution < 1.29 is 9.26 Å². The molecule has 4 heterocycles. The van der Waals surface area contributed by atoms with Crippen LogP contribution in [0.2, 0.25) is 0 Å². The lowest BCUT2D eigenvalue weighted by atomic mass is 10.2. The van der Waals surface area contributed by atoms with Gasteiger partial charge in [0.25, 0.3) is 0 Å². The van der Waals surface area contributed by atoms with Crippen molar-refractivity contribution in [1.29, 1.82) is 0 Å². The first kappa shape index (κ1) is 16.1. The van der Waals surface area contributed by atoms with Crippen LogP contribution in [-0.2, 0) is 4.74 Å². The van der Waals surface area contributed by atoms with Gasteiger partial charge in [-0.15, -0.1) is 0 Å². The van der Waals surface area contributed by atoms with Crippen molar-refractivity contribution in [3.05, 3.63) is 29.2 Å². The maximum absolute atomic E-state index is 5.89. The molecule has 0 spiro atoms. The SMILES string of the molecule is Cc1cc(-c2cc3nc(C)c(C)c(N4C[C@@H](C)O[C@@H](C)C4)n3n2)no1. The van der Waals surface area contributed by atoms with E-state index in [1.165, 1.54) is 0 Å². The second kappa shape index (κ2) is 5.84. The molecule has 0 bridgehead atoms. The van der Waals surface area contributed by atoms with Gasteiger partial charge in [0.15, 0.2) is 5.65 Å². The Labute approximate surface area is 146 Å². The van der Waals surface area contributed by atoms with Crippen LogP contribution in [-0.4, -0.2) is 45.1 Å². The summed E-state index contributed by atoms with van der Waals surface area (Å²) in [6.45, 7) is 11.9. The van der Waals surface area contributed by atoms with Gasteiger partial charge in [-0.3, -0.25) is 0 Å². The first-order valence-electron chi connectivity index (χ1n) is 8.63. The molecule has 0 amide bonds. The van der Waals surface area contributed by atoms with Crippen molar-refractivity contribution in [2.24, 2.45) is 0 Å². The molecular weight excluding hydrogens is 318 g/mol. The van der Waals surface area contributed by atoms with Gasteiger partial charge in [0.1, 0.15) is 23.0 Å². The summed E-state index contributed by atoms with van der Waals surface area (Å²) >= 11 is 0. The molecule has 1 fully saturated rings. The summed E-state index contributed by atoms with van der Waals surface area (Å²) in [5.74, 6) is 1.85. The van der Waals surface area contributed by atoms with Gasteiger partial charge >= 0.3 is 0 Å². The zero-order valence-electron chi connectivity index (χ0n) is 15.3. The summed E-state index contributed by atoms with van der Waals surface area (Å²) in [6, 6.07) is 3.85. The molecular formula is C18H23N5O2. The molecule has 0 aliphatic carbocycles. The number of hydrogen-bond donors (Lipinski definition) is 0. The van der Waals surface area contributed by atoms with Gasteiger partial charge in [-0.1, -0.05) is 5.16 Å². The Morgan fingerprint density at radius 1 is 1.04 bits per heavy atom. The molecule has 25 heavy (non-hydrogen) atoms. The van der Waals surface area contributed by atoms with Gasteiger partial charge in [0, 0.05) is 36.5 Å². The van der Waals surface area contributed by atoms with Gasteiger partial charge in [0.2, 0.25) is 0 Å². The van der Waals surface area contributed by atoms with Gasteiger partial charge in [-0.05, 0) is 34.6 Å². The predicted molar refractivity (Wildman–Crippen MR) is 94.9 cm³/mol. The van der Waals surface area contributed by atoms with Crippen molar-refractivity contribution in [3.8, 4) is 11.4 Å². The first-order chi connectivity index (χ1) is 11.9. The first-order valence-corrected chi connectivity index (χ1v) is 8.63. The number of aryl methyl sites for hydroxylation is 2. The summed E-state index contributed by atoms with van der Waals surface area (Å²) in [5.41, 5.74) is 4.47. The summed E-state index contributed by atoms with van der Waals surface area (Å²) in [7, 11) is 0. The van der Waals surface area contributed by atoms with E-state index in [0.717, 1.165) is 53.0 Å². The third kappa shape index (κ3) is 2.78.